The molecule has 3 aromatic heterocycles. The third kappa shape index (κ3) is 10.4. The quantitative estimate of drug-likeness (QED) is 0.0529. The van der Waals surface area contributed by atoms with Crippen molar-refractivity contribution >= 4 is 61.7 Å². The fraction of sp³-hybridized carbons (Fsp3) is 0.111. The largest absolute Gasteiger partial charge is 0.510 e. The predicted molar refractivity (Wildman–Crippen MR) is 362 cm³/mol. The maximum atomic E-state index is 9.90. The van der Waals surface area contributed by atoms with Crippen molar-refractivity contribution in [3.05, 3.63) is 308 Å². The van der Waals surface area contributed by atoms with Gasteiger partial charge in [-0.25, -0.2) is 4.98 Å². The van der Waals surface area contributed by atoms with Crippen LogP contribution in [0.2, 0.25) is 0 Å². The smallest absolute Gasteiger partial charge is 0.268 e. The number of fused-ring (bicyclic) bond motifs is 4. The van der Waals surface area contributed by atoms with E-state index in [1.54, 1.807) is 57.7 Å². The van der Waals surface area contributed by atoms with Gasteiger partial charge in [0.1, 0.15) is 5.82 Å². The monoisotopic (exact) mass is 1360 g/mol. The van der Waals surface area contributed by atoms with E-state index in [2.05, 4.69) is 84.3 Å². The summed E-state index contributed by atoms with van der Waals surface area (Å²) < 4.78 is 222. The van der Waals surface area contributed by atoms with E-state index in [9.17, 15) is 16.4 Å². The van der Waals surface area contributed by atoms with Crippen LogP contribution in [0.15, 0.2) is 273 Å². The number of imidazole rings is 1. The molecule has 0 unspecified atom stereocenters. The van der Waals surface area contributed by atoms with Crippen LogP contribution < -0.4 is 30.1 Å². The number of rotatable bonds is 12. The van der Waals surface area contributed by atoms with Crippen molar-refractivity contribution in [1.29, 1.82) is 0 Å². The minimum Gasteiger partial charge on any atom is -0.510 e. The van der Waals surface area contributed by atoms with Crippen molar-refractivity contribution < 1.29 is 61.9 Å². The van der Waals surface area contributed by atoms with Gasteiger partial charge in [-0.3, -0.25) is 4.57 Å². The van der Waals surface area contributed by atoms with Crippen LogP contribution in [0.4, 0.5) is 0 Å². The molecule has 0 N–H and O–H groups in total. The summed E-state index contributed by atoms with van der Waals surface area (Å²) in [6, 6.07) is 33.7. The van der Waals surface area contributed by atoms with Crippen molar-refractivity contribution in [1.82, 2.24) is 14.1 Å². The first-order valence-corrected chi connectivity index (χ1v) is 30.1. The maximum Gasteiger partial charge on any atom is 0.268 e. The molecule has 88 heavy (non-hydrogen) atoms. The van der Waals surface area contributed by atoms with Crippen LogP contribution in [0.25, 0.3) is 83.4 Å². The van der Waals surface area contributed by atoms with Gasteiger partial charge in [0.15, 0.2) is 8.07 Å². The minimum absolute atomic E-state index is 0. The number of hydrogen-bond donors (Lipinski definition) is 0. The second-order valence-corrected chi connectivity index (χ2v) is 26.7. The second kappa shape index (κ2) is 23.3. The number of aromatic nitrogens is 4. The third-order valence-corrected chi connectivity index (χ3v) is 19.9. The predicted octanol–water partition coefficient (Wildman–Crippen LogP) is 16.9. The molecule has 0 aliphatic carbocycles. The molecule has 3 heterocycles. The van der Waals surface area contributed by atoms with E-state index >= 15 is 0 Å². The first-order valence-electron chi connectivity index (χ1n) is 39.6. The number of pyridine rings is 1. The molecule has 0 saturated heterocycles. The summed E-state index contributed by atoms with van der Waals surface area (Å²) in [5.41, 5.74) is 5.79. The molecule has 0 spiro atoms. The maximum absolute atomic E-state index is 9.90. The summed E-state index contributed by atoms with van der Waals surface area (Å²) in [7, 11) is -5.72. The molecule has 14 aromatic rings. The zero-order chi connectivity index (χ0) is 79.3. The summed E-state index contributed by atoms with van der Waals surface area (Å²) in [4.78, 5) is 4.72. The zero-order valence-electron chi connectivity index (χ0n) is 71.4. The van der Waals surface area contributed by atoms with Gasteiger partial charge < -0.3 is 13.9 Å². The molecular weight excluding hydrogens is 1270 g/mol. The van der Waals surface area contributed by atoms with Crippen molar-refractivity contribution in [2.75, 3.05) is 0 Å². The Labute approximate surface area is 564 Å². The summed E-state index contributed by atoms with van der Waals surface area (Å²) in [5, 5.41) is -0.829. The summed E-state index contributed by atoms with van der Waals surface area (Å²) >= 11 is 0. The number of para-hydroxylation sites is 2. The van der Waals surface area contributed by atoms with Crippen LogP contribution in [-0.4, -0.2) is 22.2 Å². The molecule has 432 valence electrons. The molecular formula is C81H66N4OPtSi-2. The molecule has 5 nitrogen and oxygen atoms in total. The summed E-state index contributed by atoms with van der Waals surface area (Å²) in [5.74, 6) is 0.263. The van der Waals surface area contributed by atoms with Crippen molar-refractivity contribution in [2.45, 2.75) is 59.2 Å². The van der Waals surface area contributed by atoms with Crippen LogP contribution in [0, 0.1) is 25.3 Å². The van der Waals surface area contributed by atoms with Crippen molar-refractivity contribution in [3.63, 3.8) is 0 Å². The summed E-state index contributed by atoms with van der Waals surface area (Å²) in [6.45, 7) is 9.76. The summed E-state index contributed by atoms with van der Waals surface area (Å²) in [6.07, 6.45) is 4.83. The number of aryl methyl sites for hydroxylation is 1. The number of nitrogens with zero attached hydrogens (tertiary/aromatic N) is 4. The zero-order valence-corrected chi connectivity index (χ0v) is 51.7. The van der Waals surface area contributed by atoms with Crippen molar-refractivity contribution in [3.8, 4) is 62.1 Å². The Balaban J connectivity index is 0.0000108. The molecule has 11 aromatic carbocycles. The molecule has 7 heteroatoms. The van der Waals surface area contributed by atoms with Gasteiger partial charge in [-0.1, -0.05) is 271 Å². The van der Waals surface area contributed by atoms with Crippen LogP contribution in [0.5, 0.6) is 11.5 Å². The van der Waals surface area contributed by atoms with Gasteiger partial charge in [0, 0.05) is 54.0 Å². The van der Waals surface area contributed by atoms with E-state index in [1.165, 1.54) is 24.4 Å². The third-order valence-electron chi connectivity index (χ3n) is 15.7. The Hall–Kier alpha value is -9.45. The van der Waals surface area contributed by atoms with Gasteiger partial charge in [-0.15, -0.1) is 29.7 Å². The first-order chi connectivity index (χ1) is 51.8. The van der Waals surface area contributed by atoms with Gasteiger partial charge in [0.25, 0.3) is 6.33 Å². The molecule has 0 aliphatic heterocycles. The van der Waals surface area contributed by atoms with Gasteiger partial charge >= 0.3 is 0 Å². The average molecular weight is 1360 g/mol. The van der Waals surface area contributed by atoms with Gasteiger partial charge in [-0.2, -0.15) is 18.2 Å². The van der Waals surface area contributed by atoms with E-state index in [-0.39, 0.29) is 82.3 Å². The van der Waals surface area contributed by atoms with E-state index in [0.29, 0.717) is 33.0 Å². The van der Waals surface area contributed by atoms with Crippen molar-refractivity contribution in [2.24, 2.45) is 0 Å². The SMILES string of the molecule is [2H]c1c([2H])c([2H])c(-c2cnc(-n3c4[c-]c(Oc5[c-]c(-n6[c-][n+](-c7c(-c8cccc(C(C)(C)C)c8)cccc7-c7cccc(C(C)(C)C)c7)c7ccc([Si](c8c([2H])c([2H])c([2H])c([2H])c8[2H])(c8c([2H])c([2H])c([2H])c([2H])c8[2H])c8c([2H])c([2H])c([2H])c([2H])c8[2H])cc76)ccc5)ccc4c4ccccc43)cc2C([2H])([2H])[2H])c([2H])c1[2H].[Pt]. The van der Waals surface area contributed by atoms with E-state index < -0.39 is 151 Å². The Morgan fingerprint density at radius 3 is 1.67 bits per heavy atom. The molecule has 14 rings (SSSR count). The standard InChI is InChI=1S/C81H66N4OSi.Pt/c1-56-48-78(82-54-73(56)57-26-12-8-13-27-57)85-74-43-21-20-40-71(74)72-46-44-64(52-76(72)85)86-63-33-24-32-62(51-63)83-55-84(79-69(58-28-22-30-60(49-58)80(2,3)4)41-25-42-70(79)59-29-23-31-61(50-59)81(5,6)7)75-47-45-68(53-77(75)83)87(65-34-14-9-15-35-65,66-36-16-10-17-37-66)67-38-18-11-19-39-67;/h8-50,53-54H,1-7H3;/q-2;/i1D3,8D,9D,10D,11D,12D,13D,14D,15D,16D,17D,18D,19D,26D,27D,34D,35D,36D,37D,38D,39D;. The van der Waals surface area contributed by atoms with E-state index in [1.807, 2.05) is 59.2 Å². The van der Waals surface area contributed by atoms with Crippen LogP contribution in [0.3, 0.4) is 0 Å². The Bertz CT molecular complexity index is 5900. The fourth-order valence-electron chi connectivity index (χ4n) is 11.4. The Morgan fingerprint density at radius 1 is 0.500 bits per heavy atom. The Kier molecular flexibility index (Phi) is 9.71. The van der Waals surface area contributed by atoms with Gasteiger partial charge in [-0.05, 0) is 106 Å². The van der Waals surface area contributed by atoms with Gasteiger partial charge in [0.2, 0.25) is 0 Å². The van der Waals surface area contributed by atoms with Crippen LogP contribution in [0.1, 0.15) is 89.8 Å². The minimum atomic E-state index is -5.72. The molecule has 0 bridgehead atoms. The molecule has 0 radical (unpaired) electrons. The molecule has 0 atom stereocenters. The molecule has 0 aliphatic rings. The number of hydrogen-bond acceptors (Lipinski definition) is 2. The topological polar surface area (TPSA) is 35.9 Å². The van der Waals surface area contributed by atoms with E-state index in [0.717, 1.165) is 33.4 Å². The number of benzene rings is 11. The normalized spacial score (nSPS) is 15.8. The molecule has 0 saturated carbocycles. The van der Waals surface area contributed by atoms with E-state index in [4.69, 9.17) is 24.8 Å². The van der Waals surface area contributed by atoms with Crippen LogP contribution >= 0.6 is 0 Å². The van der Waals surface area contributed by atoms with Gasteiger partial charge in [0.05, 0.1) is 44.1 Å². The molecule has 0 fully saturated rings. The molecule has 0 amide bonds. The first kappa shape index (κ1) is 36.6. The fourth-order valence-corrected chi connectivity index (χ4v) is 15.2. The van der Waals surface area contributed by atoms with Crippen LogP contribution in [-0.2, 0) is 31.9 Å². The second-order valence-electron chi connectivity index (χ2n) is 23.1. The Morgan fingerprint density at radius 2 is 1.07 bits per heavy atom. The average Bonchev–Trinajstić information content (AvgIpc) is 1.23. The number of ether oxygens (including phenoxy) is 1.